The molecular formula is C17H14N6S. The van der Waals surface area contributed by atoms with Gasteiger partial charge >= 0.3 is 0 Å². The molecule has 0 bridgehead atoms. The topological polar surface area (TPSA) is 82.0 Å². The Bertz CT molecular complexity index is 1030. The molecule has 0 spiro atoms. The van der Waals surface area contributed by atoms with Crippen molar-refractivity contribution in [2.45, 2.75) is 0 Å². The number of aromatic nitrogens is 4. The summed E-state index contributed by atoms with van der Waals surface area (Å²) in [4.78, 5) is 17.5. The van der Waals surface area contributed by atoms with E-state index in [0.29, 0.717) is 5.82 Å². The molecule has 7 heteroatoms. The Labute approximate surface area is 142 Å². The molecule has 0 aliphatic rings. The Balaban J connectivity index is 1.82. The van der Waals surface area contributed by atoms with Gasteiger partial charge in [0.2, 0.25) is 0 Å². The zero-order chi connectivity index (χ0) is 16.5. The maximum absolute atomic E-state index is 5.29. The monoisotopic (exact) mass is 334 g/mol. The van der Waals surface area contributed by atoms with Gasteiger partial charge in [-0.25, -0.2) is 19.9 Å². The molecule has 0 unspecified atom stereocenters. The van der Waals surface area contributed by atoms with Gasteiger partial charge < -0.3 is 10.3 Å². The first-order chi connectivity index (χ1) is 11.8. The molecule has 24 heavy (non-hydrogen) atoms. The van der Waals surface area contributed by atoms with Crippen molar-refractivity contribution in [3.8, 4) is 22.6 Å². The van der Waals surface area contributed by atoms with Gasteiger partial charge in [-0.05, 0) is 24.3 Å². The molecule has 4 rings (SSSR count). The summed E-state index contributed by atoms with van der Waals surface area (Å²) in [6.07, 6.45) is 6.72. The normalized spacial score (nSPS) is 11.5. The third kappa shape index (κ3) is 2.44. The van der Waals surface area contributed by atoms with Crippen LogP contribution in [0.15, 0.2) is 53.2 Å². The zero-order valence-electron chi connectivity index (χ0n) is 12.9. The molecule has 0 aliphatic heterocycles. The van der Waals surface area contributed by atoms with Gasteiger partial charge in [0.05, 0.1) is 16.6 Å². The summed E-state index contributed by atoms with van der Waals surface area (Å²) in [7, 11) is 1.96. The first-order valence-electron chi connectivity index (χ1n) is 7.33. The summed E-state index contributed by atoms with van der Waals surface area (Å²) >= 11 is 1.67. The van der Waals surface area contributed by atoms with E-state index in [-0.39, 0.29) is 0 Å². The standard InChI is InChI=1S/C17H14N6S/c1-23-7-6-19-17(23)13-3-4-14-16(22-13)12(9-24-14)11-2-5-15(20-8-11)21-10-18/h2-10H,1H3,(H2,18,20,21). The Morgan fingerprint density at radius 1 is 1.21 bits per heavy atom. The van der Waals surface area contributed by atoms with Gasteiger partial charge in [-0.2, -0.15) is 0 Å². The van der Waals surface area contributed by atoms with Crippen molar-refractivity contribution in [2.75, 3.05) is 0 Å². The number of hydrogen-bond donors (Lipinski definition) is 1. The smallest absolute Gasteiger partial charge is 0.158 e. The zero-order valence-corrected chi connectivity index (χ0v) is 13.7. The molecule has 4 heterocycles. The van der Waals surface area contributed by atoms with Crippen molar-refractivity contribution >= 4 is 33.7 Å². The second kappa shape index (κ2) is 5.86. The predicted molar refractivity (Wildman–Crippen MR) is 97.4 cm³/mol. The molecule has 0 radical (unpaired) electrons. The number of nitrogens with zero attached hydrogens (tertiary/aromatic N) is 5. The highest BCUT2D eigenvalue weighted by atomic mass is 32.1. The lowest BCUT2D eigenvalue weighted by atomic mass is 10.1. The first-order valence-corrected chi connectivity index (χ1v) is 8.21. The lowest BCUT2D eigenvalue weighted by molar-refractivity contribution is 0.919. The van der Waals surface area contributed by atoms with Gasteiger partial charge in [0, 0.05) is 42.1 Å². The van der Waals surface area contributed by atoms with E-state index in [0.717, 1.165) is 32.9 Å². The number of aliphatic imine (C=N–C) groups is 1. The van der Waals surface area contributed by atoms with Crippen LogP contribution in [0.1, 0.15) is 0 Å². The van der Waals surface area contributed by atoms with Crippen LogP contribution in [0.4, 0.5) is 5.82 Å². The lowest BCUT2D eigenvalue weighted by Gasteiger charge is -2.03. The fraction of sp³-hybridized carbons (Fsp3) is 0.0588. The van der Waals surface area contributed by atoms with Gasteiger partial charge in [-0.1, -0.05) is 0 Å². The Morgan fingerprint density at radius 2 is 2.12 bits per heavy atom. The van der Waals surface area contributed by atoms with Gasteiger partial charge in [0.15, 0.2) is 11.6 Å². The van der Waals surface area contributed by atoms with E-state index in [4.69, 9.17) is 10.7 Å². The van der Waals surface area contributed by atoms with Crippen LogP contribution in [0, 0.1) is 0 Å². The molecule has 6 nitrogen and oxygen atoms in total. The highest BCUT2D eigenvalue weighted by Crippen LogP contribution is 2.34. The van der Waals surface area contributed by atoms with Crippen molar-refractivity contribution in [1.29, 1.82) is 0 Å². The molecule has 0 saturated heterocycles. The molecule has 4 aromatic heterocycles. The maximum atomic E-state index is 5.29. The Morgan fingerprint density at radius 3 is 2.83 bits per heavy atom. The highest BCUT2D eigenvalue weighted by Gasteiger charge is 2.12. The number of aryl methyl sites for hydroxylation is 1. The van der Waals surface area contributed by atoms with E-state index in [9.17, 15) is 0 Å². The third-order valence-corrected chi connectivity index (χ3v) is 4.67. The second-order valence-electron chi connectivity index (χ2n) is 5.24. The van der Waals surface area contributed by atoms with Crippen LogP contribution >= 0.6 is 11.3 Å². The van der Waals surface area contributed by atoms with Gasteiger partial charge in [0.25, 0.3) is 0 Å². The average Bonchev–Trinajstić information content (AvgIpc) is 3.21. The quantitative estimate of drug-likeness (QED) is 0.460. The predicted octanol–water partition coefficient (Wildman–Crippen LogP) is 3.38. The van der Waals surface area contributed by atoms with Crippen LogP contribution in [0.25, 0.3) is 32.9 Å². The fourth-order valence-corrected chi connectivity index (χ4v) is 3.46. The summed E-state index contributed by atoms with van der Waals surface area (Å²) in [6, 6.07) is 7.90. The lowest BCUT2D eigenvalue weighted by Crippen LogP contribution is -1.94. The summed E-state index contributed by atoms with van der Waals surface area (Å²) in [6.45, 7) is 0. The number of hydrogen-bond acceptors (Lipinski definition) is 5. The number of rotatable bonds is 3. The minimum absolute atomic E-state index is 0.586. The van der Waals surface area contributed by atoms with Crippen LogP contribution < -0.4 is 5.73 Å². The first kappa shape index (κ1) is 14.5. The average molecular weight is 334 g/mol. The number of nitrogens with two attached hydrogens (primary N) is 1. The van der Waals surface area contributed by atoms with Gasteiger partial charge in [-0.15, -0.1) is 11.3 Å². The highest BCUT2D eigenvalue weighted by molar-refractivity contribution is 7.17. The van der Waals surface area contributed by atoms with Crippen LogP contribution in [-0.2, 0) is 7.05 Å². The van der Waals surface area contributed by atoms with E-state index in [1.165, 1.54) is 6.34 Å². The number of imidazole rings is 1. The van der Waals surface area contributed by atoms with Crippen molar-refractivity contribution in [2.24, 2.45) is 17.8 Å². The maximum Gasteiger partial charge on any atom is 0.158 e. The summed E-state index contributed by atoms with van der Waals surface area (Å²) in [5.41, 5.74) is 9.16. The molecule has 118 valence electrons. The fourth-order valence-electron chi connectivity index (χ4n) is 2.55. The minimum atomic E-state index is 0.586. The molecule has 0 aromatic carbocycles. The summed E-state index contributed by atoms with van der Waals surface area (Å²) < 4.78 is 3.09. The van der Waals surface area contributed by atoms with E-state index in [1.54, 1.807) is 23.7 Å². The molecular weight excluding hydrogens is 320 g/mol. The van der Waals surface area contributed by atoms with Crippen molar-refractivity contribution in [3.05, 3.63) is 48.2 Å². The van der Waals surface area contributed by atoms with E-state index >= 15 is 0 Å². The van der Waals surface area contributed by atoms with Crippen LogP contribution in [-0.4, -0.2) is 25.9 Å². The Kier molecular flexibility index (Phi) is 3.55. The summed E-state index contributed by atoms with van der Waals surface area (Å²) in [5, 5.41) is 2.10. The van der Waals surface area contributed by atoms with Crippen LogP contribution in [0.3, 0.4) is 0 Å². The number of fused-ring (bicyclic) bond motifs is 1. The molecule has 2 N–H and O–H groups in total. The Hall–Kier alpha value is -3.06. The molecule has 0 amide bonds. The number of thiophene rings is 1. The minimum Gasteiger partial charge on any atom is -0.390 e. The van der Waals surface area contributed by atoms with E-state index in [2.05, 4.69) is 26.4 Å². The van der Waals surface area contributed by atoms with E-state index < -0.39 is 0 Å². The van der Waals surface area contributed by atoms with E-state index in [1.807, 2.05) is 36.0 Å². The second-order valence-corrected chi connectivity index (χ2v) is 6.15. The molecule has 4 aromatic rings. The SMILES string of the molecule is Cn1ccnc1-c1ccc2scc(-c3ccc(N=CN)nc3)c2n1. The number of pyridine rings is 2. The van der Waals surface area contributed by atoms with Crippen molar-refractivity contribution in [1.82, 2.24) is 19.5 Å². The summed E-state index contributed by atoms with van der Waals surface area (Å²) in [5.74, 6) is 1.43. The van der Waals surface area contributed by atoms with Gasteiger partial charge in [0.1, 0.15) is 5.69 Å². The molecule has 0 fully saturated rings. The van der Waals surface area contributed by atoms with Gasteiger partial charge in [-0.3, -0.25) is 0 Å². The molecule has 0 saturated carbocycles. The molecule has 0 aliphatic carbocycles. The molecule has 0 atom stereocenters. The van der Waals surface area contributed by atoms with Crippen LogP contribution in [0.5, 0.6) is 0 Å². The van der Waals surface area contributed by atoms with Crippen LogP contribution in [0.2, 0.25) is 0 Å². The third-order valence-electron chi connectivity index (χ3n) is 3.73. The van der Waals surface area contributed by atoms with Crippen molar-refractivity contribution < 1.29 is 0 Å². The largest absolute Gasteiger partial charge is 0.390 e. The van der Waals surface area contributed by atoms with Crippen molar-refractivity contribution in [3.63, 3.8) is 0 Å².